The highest BCUT2D eigenvalue weighted by Crippen LogP contribution is 2.53. The van der Waals surface area contributed by atoms with E-state index < -0.39 is 48.2 Å². The molecule has 0 saturated carbocycles. The number of aliphatic hydroxyl groups excluding tert-OH is 1. The number of nitro benzene ring substituents is 2. The fourth-order valence-corrected chi connectivity index (χ4v) is 6.03. The maximum absolute atomic E-state index is 14.1. The minimum absolute atomic E-state index is 0.195. The summed E-state index contributed by atoms with van der Waals surface area (Å²) >= 11 is 0. The van der Waals surface area contributed by atoms with Gasteiger partial charge in [-0.3, -0.25) is 33.8 Å². The first-order valence-electron chi connectivity index (χ1n) is 15.1. The minimum atomic E-state index is -4.52. The topological polar surface area (TPSA) is 196 Å². The largest absolute Gasteiger partial charge is 0.485 e. The zero-order valence-electron chi connectivity index (χ0n) is 26.3. The molecule has 0 amide bonds. The van der Waals surface area contributed by atoms with Crippen LogP contribution in [0.25, 0.3) is 0 Å². The molecule has 5 rings (SSSR count). The number of rotatable bonds is 18. The van der Waals surface area contributed by atoms with Crippen LogP contribution in [0.5, 0.6) is 0 Å². The van der Waals surface area contributed by atoms with Gasteiger partial charge in [-0.05, 0) is 22.3 Å². The van der Waals surface area contributed by atoms with E-state index in [2.05, 4.69) is 0 Å². The van der Waals surface area contributed by atoms with Gasteiger partial charge in [0.05, 0.1) is 29.7 Å². The molecule has 260 valence electrons. The molecule has 4 aromatic rings. The fraction of sp³-hybridized carbons (Fsp3) is 0.206. The van der Waals surface area contributed by atoms with Crippen molar-refractivity contribution in [1.82, 2.24) is 0 Å². The molecule has 0 aliphatic carbocycles. The molecule has 0 bridgehead atoms. The van der Waals surface area contributed by atoms with Gasteiger partial charge in [0.2, 0.25) is 5.76 Å². The van der Waals surface area contributed by atoms with Crippen molar-refractivity contribution in [2.24, 2.45) is 0 Å². The van der Waals surface area contributed by atoms with E-state index in [9.17, 15) is 34.7 Å². The van der Waals surface area contributed by atoms with Crippen LogP contribution in [0, 0.1) is 20.2 Å². The van der Waals surface area contributed by atoms with E-state index in [1.165, 1.54) is 36.4 Å². The van der Waals surface area contributed by atoms with Crippen molar-refractivity contribution in [2.75, 3.05) is 6.61 Å². The van der Waals surface area contributed by atoms with Crippen LogP contribution >= 0.6 is 7.82 Å². The Labute approximate surface area is 285 Å². The van der Waals surface area contributed by atoms with Gasteiger partial charge in [0.25, 0.3) is 11.4 Å². The smallest absolute Gasteiger partial charge is 0.475 e. The van der Waals surface area contributed by atoms with Crippen LogP contribution in [0.15, 0.2) is 121 Å². The van der Waals surface area contributed by atoms with Gasteiger partial charge in [-0.1, -0.05) is 84.9 Å². The second kappa shape index (κ2) is 16.8. The van der Waals surface area contributed by atoms with Crippen molar-refractivity contribution in [3.8, 4) is 0 Å². The molecule has 0 fully saturated rings. The number of ether oxygens (including phenoxy) is 3. The number of nitro groups is 2. The Morgan fingerprint density at radius 1 is 0.700 bits per heavy atom. The van der Waals surface area contributed by atoms with Gasteiger partial charge in [-0.2, -0.15) is 0 Å². The maximum Gasteiger partial charge on any atom is 0.475 e. The summed E-state index contributed by atoms with van der Waals surface area (Å²) in [6, 6.07) is 28.6. The predicted octanol–water partition coefficient (Wildman–Crippen LogP) is 6.29. The molecule has 0 radical (unpaired) electrons. The number of phosphoric ester groups is 1. The monoisotopic (exact) mass is 706 g/mol. The van der Waals surface area contributed by atoms with E-state index in [-0.39, 0.29) is 43.6 Å². The number of carbonyl (C=O) groups is 1. The van der Waals surface area contributed by atoms with E-state index >= 15 is 0 Å². The number of cyclic esters (lactones) is 1. The third-order valence-electron chi connectivity index (χ3n) is 7.17. The second-order valence-electron chi connectivity index (χ2n) is 10.7. The van der Waals surface area contributed by atoms with Gasteiger partial charge in [0, 0.05) is 24.3 Å². The van der Waals surface area contributed by atoms with Gasteiger partial charge < -0.3 is 19.3 Å². The van der Waals surface area contributed by atoms with Crippen LogP contribution in [0.3, 0.4) is 0 Å². The zero-order valence-corrected chi connectivity index (χ0v) is 27.2. The van der Waals surface area contributed by atoms with Crippen LogP contribution in [0.4, 0.5) is 11.4 Å². The van der Waals surface area contributed by atoms with Crippen molar-refractivity contribution in [1.29, 1.82) is 0 Å². The third-order valence-corrected chi connectivity index (χ3v) is 8.59. The number of nitrogens with zero attached hydrogens (tertiary/aromatic N) is 2. The van der Waals surface area contributed by atoms with Crippen molar-refractivity contribution in [2.45, 2.75) is 38.6 Å². The Bertz CT molecular complexity index is 1840. The summed E-state index contributed by atoms with van der Waals surface area (Å²) in [4.78, 5) is 34.6. The molecular weight excluding hydrogens is 675 g/mol. The average Bonchev–Trinajstić information content (AvgIpc) is 3.45. The number of hydrogen-bond acceptors (Lipinski definition) is 13. The molecule has 16 heteroatoms. The van der Waals surface area contributed by atoms with Crippen LogP contribution < -0.4 is 0 Å². The van der Waals surface area contributed by atoms with Crippen LogP contribution in [0.1, 0.15) is 22.3 Å². The van der Waals surface area contributed by atoms with E-state index in [4.69, 9.17) is 27.8 Å². The van der Waals surface area contributed by atoms with E-state index in [0.29, 0.717) is 22.3 Å². The minimum Gasteiger partial charge on any atom is -0.485 e. The molecule has 1 aliphatic heterocycles. The van der Waals surface area contributed by atoms with Crippen LogP contribution in [-0.2, 0) is 63.6 Å². The molecule has 50 heavy (non-hydrogen) atoms. The molecule has 2 atom stereocenters. The molecule has 1 N–H and O–H groups in total. The summed E-state index contributed by atoms with van der Waals surface area (Å²) in [6.07, 6.45) is -3.14. The van der Waals surface area contributed by atoms with E-state index in [1.54, 1.807) is 72.8 Å². The van der Waals surface area contributed by atoms with Gasteiger partial charge >= 0.3 is 13.8 Å². The fourth-order valence-electron chi connectivity index (χ4n) is 4.71. The SMILES string of the molecule is O=C1O[C@H]([C@H](CO)OP(=O)(OCc2ccccc2)OCc2ccccc2)C(OCc2cccc([N+](=O)[O-])c2)=C1OCc1cccc([N+](=O)[O-])c1. The molecule has 15 nitrogen and oxygen atoms in total. The highest BCUT2D eigenvalue weighted by Gasteiger charge is 2.46. The summed E-state index contributed by atoms with van der Waals surface area (Å²) in [5.74, 6) is -1.79. The van der Waals surface area contributed by atoms with Crippen molar-refractivity contribution in [3.63, 3.8) is 0 Å². The van der Waals surface area contributed by atoms with Crippen molar-refractivity contribution in [3.05, 3.63) is 163 Å². The number of benzene rings is 4. The first kappa shape index (κ1) is 35.9. The lowest BCUT2D eigenvalue weighted by atomic mass is 10.1. The summed E-state index contributed by atoms with van der Waals surface area (Å²) < 4.78 is 48.5. The quantitative estimate of drug-likeness (QED) is 0.0525. The highest BCUT2D eigenvalue weighted by molar-refractivity contribution is 7.48. The first-order valence-corrected chi connectivity index (χ1v) is 16.5. The standard InChI is InChI=1S/C34H31N2O13P/c37-19-30(49-50(43,46-22-24-9-3-1-4-10-24)47-23-25-11-5-2-6-12-25)31-32(44-20-26-13-7-15-28(17-26)35(39)40)33(34(38)48-31)45-21-27-14-8-16-29(18-27)36(41)42/h1-18,30-31,37H,19-23H2/t30-,31+/m0/s1. The number of esters is 1. The predicted molar refractivity (Wildman–Crippen MR) is 175 cm³/mol. The Kier molecular flexibility index (Phi) is 12.0. The Morgan fingerprint density at radius 3 is 1.66 bits per heavy atom. The van der Waals surface area contributed by atoms with Gasteiger partial charge in [-0.25, -0.2) is 9.36 Å². The Morgan fingerprint density at radius 2 is 1.18 bits per heavy atom. The van der Waals surface area contributed by atoms with Crippen molar-refractivity contribution >= 4 is 25.2 Å². The molecule has 0 spiro atoms. The van der Waals surface area contributed by atoms with Gasteiger partial charge in [0.15, 0.2) is 11.9 Å². The lowest BCUT2D eigenvalue weighted by Crippen LogP contribution is -2.35. The van der Waals surface area contributed by atoms with Crippen LogP contribution in [0.2, 0.25) is 0 Å². The maximum atomic E-state index is 14.1. The lowest BCUT2D eigenvalue weighted by molar-refractivity contribution is -0.385. The molecule has 1 heterocycles. The molecular formula is C34H31N2O13P. The summed E-state index contributed by atoms with van der Waals surface area (Å²) in [5, 5.41) is 33.1. The van der Waals surface area contributed by atoms with Gasteiger partial charge in [-0.15, -0.1) is 0 Å². The normalized spacial score (nSPS) is 15.0. The summed E-state index contributed by atoms with van der Waals surface area (Å²) in [7, 11) is -4.52. The van der Waals surface area contributed by atoms with Crippen LogP contribution in [-0.4, -0.2) is 39.7 Å². The van der Waals surface area contributed by atoms with E-state index in [1.807, 2.05) is 0 Å². The number of aliphatic hydroxyl groups is 1. The molecule has 0 aromatic heterocycles. The number of hydrogen-bond donors (Lipinski definition) is 1. The number of carbonyl (C=O) groups excluding carboxylic acids is 1. The average molecular weight is 707 g/mol. The second-order valence-corrected chi connectivity index (χ2v) is 12.4. The first-order chi connectivity index (χ1) is 24.1. The number of non-ortho nitro benzene ring substituents is 2. The Balaban J connectivity index is 1.43. The Hall–Kier alpha value is -5.44. The molecule has 0 unspecified atom stereocenters. The third kappa shape index (κ3) is 9.59. The summed E-state index contributed by atoms with van der Waals surface area (Å²) in [6.45, 7) is -1.91. The molecule has 1 aliphatic rings. The van der Waals surface area contributed by atoms with Gasteiger partial charge in [0.1, 0.15) is 19.3 Å². The lowest BCUT2D eigenvalue weighted by Gasteiger charge is -2.27. The summed E-state index contributed by atoms with van der Waals surface area (Å²) in [5.41, 5.74) is 1.55. The van der Waals surface area contributed by atoms with E-state index in [0.717, 1.165) is 0 Å². The molecule has 4 aromatic carbocycles. The van der Waals surface area contributed by atoms with Crippen molar-refractivity contribution < 1.29 is 52.1 Å². The zero-order chi connectivity index (χ0) is 35.5. The highest BCUT2D eigenvalue weighted by atomic mass is 31.2. The molecule has 0 saturated heterocycles. The number of phosphoric acid groups is 1.